The van der Waals surface area contributed by atoms with Crippen molar-refractivity contribution in [2.75, 3.05) is 13.1 Å². The third-order valence-electron chi connectivity index (χ3n) is 6.02. The minimum absolute atomic E-state index is 0.0467. The summed E-state index contributed by atoms with van der Waals surface area (Å²) < 4.78 is 50.7. The number of fused-ring (bicyclic) bond motifs is 1. The largest absolute Gasteiger partial charge is 0.490 e. The molecule has 182 valence electrons. The number of nitrogens with zero attached hydrogens (tertiary/aromatic N) is 2. The summed E-state index contributed by atoms with van der Waals surface area (Å²) in [5.41, 5.74) is 0.944. The maximum atomic E-state index is 13.0. The van der Waals surface area contributed by atoms with E-state index in [9.17, 15) is 27.2 Å². The Labute approximate surface area is 187 Å². The van der Waals surface area contributed by atoms with Gasteiger partial charge >= 0.3 is 12.1 Å². The van der Waals surface area contributed by atoms with Crippen LogP contribution in [0.4, 0.5) is 17.6 Å². The van der Waals surface area contributed by atoms with Crippen molar-refractivity contribution in [2.24, 2.45) is 11.8 Å². The van der Waals surface area contributed by atoms with Crippen molar-refractivity contribution in [1.82, 2.24) is 15.2 Å². The van der Waals surface area contributed by atoms with Crippen molar-refractivity contribution >= 4 is 17.8 Å². The average Bonchev–Trinajstić information content (AvgIpc) is 3.19. The van der Waals surface area contributed by atoms with Crippen LogP contribution in [-0.2, 0) is 25.7 Å². The van der Waals surface area contributed by atoms with Crippen molar-refractivity contribution < 1.29 is 41.8 Å². The number of halogens is 4. The highest BCUT2D eigenvalue weighted by atomic mass is 19.4. The lowest BCUT2D eigenvalue weighted by Gasteiger charge is -2.39. The van der Waals surface area contributed by atoms with Crippen LogP contribution in [0.3, 0.4) is 0 Å². The molecule has 12 heteroatoms. The summed E-state index contributed by atoms with van der Waals surface area (Å²) in [6.07, 6.45) is -0.804. The predicted octanol–water partition coefficient (Wildman–Crippen LogP) is 2.09. The van der Waals surface area contributed by atoms with Gasteiger partial charge < -0.3 is 20.1 Å². The zero-order valence-electron chi connectivity index (χ0n) is 17.6. The number of carboxylic acids is 1. The number of alkyl halides is 4. The molecule has 4 rings (SSSR count). The molecule has 1 saturated carbocycles. The number of hydrogen-bond donors (Lipinski definition) is 2. The van der Waals surface area contributed by atoms with E-state index in [2.05, 4.69) is 10.3 Å². The van der Waals surface area contributed by atoms with Crippen LogP contribution in [0.1, 0.15) is 31.2 Å². The minimum Gasteiger partial charge on any atom is -0.475 e. The van der Waals surface area contributed by atoms with E-state index >= 15 is 0 Å². The Morgan fingerprint density at radius 1 is 1.24 bits per heavy atom. The molecule has 2 N–H and O–H groups in total. The lowest BCUT2D eigenvalue weighted by atomic mass is 9.81. The Bertz CT molecular complexity index is 848. The monoisotopic (exact) mass is 475 g/mol. The molecule has 3 heterocycles. The number of rotatable bonds is 4. The Morgan fingerprint density at radius 2 is 1.94 bits per heavy atom. The Kier molecular flexibility index (Phi) is 7.88. The highest BCUT2D eigenvalue weighted by Crippen LogP contribution is 2.36. The third-order valence-corrected chi connectivity index (χ3v) is 6.02. The maximum absolute atomic E-state index is 13.0. The number of aliphatic carboxylic acids is 1. The number of carbonyl (C=O) groups excluding carboxylic acids is 2. The lowest BCUT2D eigenvalue weighted by Crippen LogP contribution is -2.50. The molecular weight excluding hydrogens is 450 g/mol. The number of carbonyl (C=O) groups is 3. The van der Waals surface area contributed by atoms with Crippen molar-refractivity contribution in [3.05, 3.63) is 30.1 Å². The quantitative estimate of drug-likeness (QED) is 0.646. The van der Waals surface area contributed by atoms with Crippen LogP contribution < -0.4 is 5.32 Å². The van der Waals surface area contributed by atoms with Gasteiger partial charge in [-0.2, -0.15) is 13.2 Å². The molecule has 3 atom stereocenters. The van der Waals surface area contributed by atoms with Crippen LogP contribution >= 0.6 is 0 Å². The first-order valence-electron chi connectivity index (χ1n) is 10.6. The highest BCUT2D eigenvalue weighted by molar-refractivity contribution is 5.81. The van der Waals surface area contributed by atoms with Crippen molar-refractivity contribution in [3.8, 4) is 0 Å². The average molecular weight is 475 g/mol. The van der Waals surface area contributed by atoms with E-state index in [1.165, 1.54) is 0 Å². The summed E-state index contributed by atoms with van der Waals surface area (Å²) in [6.45, 7) is 1.63. The molecule has 8 nitrogen and oxygen atoms in total. The van der Waals surface area contributed by atoms with Crippen LogP contribution in [0.5, 0.6) is 0 Å². The molecule has 1 aromatic heterocycles. The first-order chi connectivity index (χ1) is 15.5. The topological polar surface area (TPSA) is 109 Å². The van der Waals surface area contributed by atoms with Gasteiger partial charge in [0, 0.05) is 37.9 Å². The molecule has 1 unspecified atom stereocenters. The summed E-state index contributed by atoms with van der Waals surface area (Å²) in [4.78, 5) is 39.5. The molecule has 1 aliphatic carbocycles. The molecule has 3 fully saturated rings. The number of ether oxygens (including phenoxy) is 1. The fourth-order valence-electron chi connectivity index (χ4n) is 4.11. The van der Waals surface area contributed by atoms with Gasteiger partial charge in [0.05, 0.1) is 6.10 Å². The van der Waals surface area contributed by atoms with Gasteiger partial charge in [0.1, 0.15) is 12.3 Å². The second-order valence-corrected chi connectivity index (χ2v) is 8.38. The molecular formula is C21H25F4N3O5. The summed E-state index contributed by atoms with van der Waals surface area (Å²) in [6, 6.07) is 3.75. The Morgan fingerprint density at radius 3 is 2.52 bits per heavy atom. The number of nitrogens with one attached hydrogen (secondary N) is 1. The van der Waals surface area contributed by atoms with E-state index in [1.807, 2.05) is 12.1 Å². The molecule has 0 spiro atoms. The molecule has 0 bridgehead atoms. The summed E-state index contributed by atoms with van der Waals surface area (Å²) in [5, 5.41) is 10.0. The Hall–Kier alpha value is -2.76. The van der Waals surface area contributed by atoms with Gasteiger partial charge in [-0.25, -0.2) is 9.18 Å². The van der Waals surface area contributed by atoms with E-state index in [-0.39, 0.29) is 23.8 Å². The van der Waals surface area contributed by atoms with Gasteiger partial charge in [-0.1, -0.05) is 6.07 Å². The molecule has 2 amide bonds. The smallest absolute Gasteiger partial charge is 0.475 e. The number of amides is 2. The number of carboxylic acid groups (broad SMARTS) is 1. The van der Waals surface area contributed by atoms with Gasteiger partial charge in [0.2, 0.25) is 11.8 Å². The minimum atomic E-state index is -5.08. The second kappa shape index (κ2) is 10.4. The van der Waals surface area contributed by atoms with Crippen LogP contribution in [0, 0.1) is 11.8 Å². The maximum Gasteiger partial charge on any atom is 0.490 e. The summed E-state index contributed by atoms with van der Waals surface area (Å²) >= 11 is 0. The van der Waals surface area contributed by atoms with E-state index in [1.54, 1.807) is 17.3 Å². The van der Waals surface area contributed by atoms with Crippen molar-refractivity contribution in [2.45, 2.75) is 56.8 Å². The number of pyridine rings is 1. The van der Waals surface area contributed by atoms with Gasteiger partial charge in [-0.15, -0.1) is 0 Å². The zero-order chi connectivity index (χ0) is 24.2. The SMILES string of the molecule is O=C(NCc1cccnc1)C1C[C@@H]2CCN(C(=O)C3CC(F)C3)C[C@@H]2O1.O=C(O)C(F)(F)F. The fourth-order valence-corrected chi connectivity index (χ4v) is 4.11. The summed E-state index contributed by atoms with van der Waals surface area (Å²) in [5.74, 6) is -2.68. The van der Waals surface area contributed by atoms with Crippen LogP contribution in [0.25, 0.3) is 0 Å². The van der Waals surface area contributed by atoms with Gasteiger partial charge in [-0.3, -0.25) is 14.6 Å². The lowest BCUT2D eigenvalue weighted by molar-refractivity contribution is -0.192. The van der Waals surface area contributed by atoms with Crippen LogP contribution in [-0.4, -0.2) is 70.4 Å². The second-order valence-electron chi connectivity index (χ2n) is 8.38. The normalized spacial score (nSPS) is 28.6. The number of hydrogen-bond acceptors (Lipinski definition) is 5. The van der Waals surface area contributed by atoms with Crippen molar-refractivity contribution in [1.29, 1.82) is 0 Å². The third kappa shape index (κ3) is 6.62. The predicted molar refractivity (Wildman–Crippen MR) is 105 cm³/mol. The Balaban J connectivity index is 0.000000383. The van der Waals surface area contributed by atoms with Crippen molar-refractivity contribution in [3.63, 3.8) is 0 Å². The molecule has 0 aromatic carbocycles. The molecule has 0 radical (unpaired) electrons. The van der Waals surface area contributed by atoms with E-state index < -0.39 is 24.4 Å². The molecule has 1 aromatic rings. The zero-order valence-corrected chi connectivity index (χ0v) is 17.6. The van der Waals surface area contributed by atoms with Gasteiger partial charge in [0.15, 0.2) is 0 Å². The summed E-state index contributed by atoms with van der Waals surface area (Å²) in [7, 11) is 0. The number of likely N-dealkylation sites (tertiary alicyclic amines) is 1. The van der Waals surface area contributed by atoms with E-state index in [4.69, 9.17) is 14.6 Å². The number of aromatic nitrogens is 1. The van der Waals surface area contributed by atoms with Gasteiger partial charge in [-0.05, 0) is 43.2 Å². The molecule has 2 aliphatic heterocycles. The first-order valence-corrected chi connectivity index (χ1v) is 10.6. The van der Waals surface area contributed by atoms with E-state index in [0.717, 1.165) is 12.0 Å². The fraction of sp³-hybridized carbons (Fsp3) is 0.619. The molecule has 3 aliphatic rings. The number of piperidine rings is 1. The van der Waals surface area contributed by atoms with Crippen LogP contribution in [0.15, 0.2) is 24.5 Å². The molecule has 33 heavy (non-hydrogen) atoms. The van der Waals surface area contributed by atoms with Gasteiger partial charge in [0.25, 0.3) is 0 Å². The van der Waals surface area contributed by atoms with E-state index in [0.29, 0.717) is 44.8 Å². The van der Waals surface area contributed by atoms with Crippen LogP contribution in [0.2, 0.25) is 0 Å². The molecule has 2 saturated heterocycles. The highest BCUT2D eigenvalue weighted by Gasteiger charge is 2.45. The standard InChI is InChI=1S/C19H24FN3O3.C2HF3O2/c20-15-6-14(7-15)19(25)23-5-3-13-8-16(26-17(13)11-23)18(24)22-10-12-2-1-4-21-9-12;3-2(4,5)1(6)7/h1-2,4,9,13-17H,3,5-8,10-11H2,(H,22,24);(H,6,7)/t13-,14?,15?,16?,17-;/m0./s1. The first kappa shape index (κ1) is 24.9.